The van der Waals surface area contributed by atoms with Gasteiger partial charge in [0.15, 0.2) is 5.69 Å². The fourth-order valence-corrected chi connectivity index (χ4v) is 1.30. The normalized spacial score (nSPS) is 11.2. The molecular weight excluding hydrogens is 260 g/mol. The van der Waals surface area contributed by atoms with Crippen LogP contribution in [0.15, 0.2) is 16.7 Å². The van der Waals surface area contributed by atoms with Crippen LogP contribution in [0.3, 0.4) is 0 Å². The molecule has 0 radical (unpaired) electrons. The average Bonchev–Trinajstić information content (AvgIpc) is 1.99. The number of esters is 1. The molecule has 0 aliphatic rings. The van der Waals surface area contributed by atoms with Gasteiger partial charge in [-0.15, -0.1) is 0 Å². The van der Waals surface area contributed by atoms with Crippen LogP contribution < -0.4 is 5.73 Å². The summed E-state index contributed by atoms with van der Waals surface area (Å²) in [5, 5.41) is 0. The summed E-state index contributed by atoms with van der Waals surface area (Å²) >= 11 is 3.21. The molecule has 4 nitrogen and oxygen atoms in total. The van der Waals surface area contributed by atoms with Gasteiger partial charge in [0.1, 0.15) is 5.60 Å². The number of carbonyl (C=O) groups excluding carboxylic acids is 1. The molecule has 5 heteroatoms. The van der Waals surface area contributed by atoms with Crippen LogP contribution in [0.2, 0.25) is 0 Å². The molecule has 2 N–H and O–H groups in total. The van der Waals surface area contributed by atoms with Crippen LogP contribution in [0.4, 0.5) is 5.69 Å². The monoisotopic (exact) mass is 272 g/mol. The van der Waals surface area contributed by atoms with E-state index >= 15 is 0 Å². The van der Waals surface area contributed by atoms with Crippen LogP contribution in [0, 0.1) is 0 Å². The van der Waals surface area contributed by atoms with Gasteiger partial charge in [0.25, 0.3) is 0 Å². The number of ether oxygens (including phenoxy) is 1. The van der Waals surface area contributed by atoms with Gasteiger partial charge < -0.3 is 10.5 Å². The lowest BCUT2D eigenvalue weighted by Gasteiger charge is -2.19. The van der Waals surface area contributed by atoms with Crippen LogP contribution in [-0.2, 0) is 4.74 Å². The second-order valence-corrected chi connectivity index (χ2v) is 5.01. The highest BCUT2D eigenvalue weighted by Crippen LogP contribution is 2.18. The third-order valence-corrected chi connectivity index (χ3v) is 1.91. The highest BCUT2D eigenvalue weighted by molar-refractivity contribution is 9.10. The molecule has 0 atom stereocenters. The van der Waals surface area contributed by atoms with E-state index in [0.717, 1.165) is 4.47 Å². The van der Waals surface area contributed by atoms with Gasteiger partial charge in [-0.1, -0.05) is 0 Å². The number of pyridine rings is 1. The predicted octanol–water partition coefficient (Wildman–Crippen LogP) is 2.38. The number of aromatic nitrogens is 1. The molecule has 0 aliphatic carbocycles. The van der Waals surface area contributed by atoms with Gasteiger partial charge in [0.2, 0.25) is 0 Å². The van der Waals surface area contributed by atoms with Gasteiger partial charge in [0, 0.05) is 10.7 Å². The lowest BCUT2D eigenvalue weighted by atomic mass is 10.2. The second kappa shape index (κ2) is 4.18. The smallest absolute Gasteiger partial charge is 0.359 e. The molecule has 1 aromatic rings. The molecule has 0 saturated carbocycles. The molecule has 0 saturated heterocycles. The van der Waals surface area contributed by atoms with E-state index in [1.807, 2.05) is 0 Å². The first-order chi connectivity index (χ1) is 6.79. The van der Waals surface area contributed by atoms with Crippen LogP contribution >= 0.6 is 15.9 Å². The van der Waals surface area contributed by atoms with Gasteiger partial charge in [-0.2, -0.15) is 0 Å². The van der Waals surface area contributed by atoms with Crippen molar-refractivity contribution >= 4 is 27.6 Å². The number of nitrogens with two attached hydrogens (primary N) is 1. The molecule has 0 spiro atoms. The lowest BCUT2D eigenvalue weighted by Crippen LogP contribution is -2.25. The van der Waals surface area contributed by atoms with E-state index in [2.05, 4.69) is 20.9 Å². The summed E-state index contributed by atoms with van der Waals surface area (Å²) in [7, 11) is 0. The summed E-state index contributed by atoms with van der Waals surface area (Å²) in [6.07, 6.45) is 1.51. The topological polar surface area (TPSA) is 65.2 Å². The first-order valence-electron chi connectivity index (χ1n) is 4.44. The number of nitrogens with zero attached hydrogens (tertiary/aromatic N) is 1. The Morgan fingerprint density at radius 2 is 2.13 bits per heavy atom. The Morgan fingerprint density at radius 3 is 2.60 bits per heavy atom. The van der Waals surface area contributed by atoms with Crippen LogP contribution in [0.5, 0.6) is 0 Å². The summed E-state index contributed by atoms with van der Waals surface area (Å²) in [4.78, 5) is 15.5. The molecule has 0 amide bonds. The van der Waals surface area contributed by atoms with Crippen molar-refractivity contribution < 1.29 is 9.53 Å². The van der Waals surface area contributed by atoms with Gasteiger partial charge in [-0.3, -0.25) is 0 Å². The number of rotatable bonds is 1. The fourth-order valence-electron chi connectivity index (χ4n) is 0.952. The Labute approximate surface area is 97.0 Å². The summed E-state index contributed by atoms with van der Waals surface area (Å²) in [6, 6.07) is 1.62. The van der Waals surface area contributed by atoms with Gasteiger partial charge >= 0.3 is 5.97 Å². The highest BCUT2D eigenvalue weighted by Gasteiger charge is 2.20. The van der Waals surface area contributed by atoms with E-state index in [1.54, 1.807) is 26.8 Å². The molecule has 15 heavy (non-hydrogen) atoms. The van der Waals surface area contributed by atoms with E-state index in [9.17, 15) is 4.79 Å². The number of hydrogen-bond donors (Lipinski definition) is 1. The second-order valence-electron chi connectivity index (χ2n) is 4.09. The Kier molecular flexibility index (Phi) is 3.34. The quantitative estimate of drug-likeness (QED) is 0.798. The van der Waals surface area contributed by atoms with Gasteiger partial charge in [-0.05, 0) is 42.8 Å². The van der Waals surface area contributed by atoms with Crippen molar-refractivity contribution in [2.75, 3.05) is 5.73 Å². The molecule has 1 aromatic heterocycles. The third kappa shape index (κ3) is 3.51. The van der Waals surface area contributed by atoms with Crippen LogP contribution in [0.1, 0.15) is 31.3 Å². The van der Waals surface area contributed by atoms with Crippen molar-refractivity contribution in [3.63, 3.8) is 0 Å². The van der Waals surface area contributed by atoms with Crippen molar-refractivity contribution in [3.8, 4) is 0 Å². The Bertz CT molecular complexity index is 385. The largest absolute Gasteiger partial charge is 0.455 e. The average molecular weight is 273 g/mol. The van der Waals surface area contributed by atoms with E-state index in [1.165, 1.54) is 6.20 Å². The summed E-state index contributed by atoms with van der Waals surface area (Å²) in [5.41, 5.74) is 5.56. The zero-order valence-corrected chi connectivity index (χ0v) is 10.5. The number of anilines is 1. The van der Waals surface area contributed by atoms with E-state index in [-0.39, 0.29) is 5.69 Å². The Hall–Kier alpha value is -1.10. The summed E-state index contributed by atoms with van der Waals surface area (Å²) in [6.45, 7) is 5.37. The molecule has 0 bridgehead atoms. The summed E-state index contributed by atoms with van der Waals surface area (Å²) < 4.78 is 5.88. The minimum Gasteiger partial charge on any atom is -0.455 e. The SMILES string of the molecule is CC(C)(C)OC(=O)c1ncc(Br)cc1N. The number of carbonyl (C=O) groups is 1. The molecule has 0 aromatic carbocycles. The first kappa shape index (κ1) is 12.0. The van der Waals surface area contributed by atoms with Gasteiger partial charge in [-0.25, -0.2) is 9.78 Å². The highest BCUT2D eigenvalue weighted by atomic mass is 79.9. The maximum Gasteiger partial charge on any atom is 0.359 e. The Morgan fingerprint density at radius 1 is 1.53 bits per heavy atom. The molecule has 1 heterocycles. The fraction of sp³-hybridized carbons (Fsp3) is 0.400. The molecule has 0 fully saturated rings. The predicted molar refractivity (Wildman–Crippen MR) is 61.5 cm³/mol. The van der Waals surface area contributed by atoms with E-state index in [0.29, 0.717) is 5.69 Å². The Balaban J connectivity index is 2.92. The molecule has 0 aliphatic heterocycles. The lowest BCUT2D eigenvalue weighted by molar-refractivity contribution is 0.00642. The van der Waals surface area contributed by atoms with E-state index < -0.39 is 11.6 Å². The first-order valence-corrected chi connectivity index (χ1v) is 5.23. The molecular formula is C10H13BrN2O2. The zero-order chi connectivity index (χ0) is 11.6. The van der Waals surface area contributed by atoms with Crippen LogP contribution in [-0.4, -0.2) is 16.6 Å². The maximum atomic E-state index is 11.6. The van der Waals surface area contributed by atoms with Crippen molar-refractivity contribution in [1.82, 2.24) is 4.98 Å². The zero-order valence-electron chi connectivity index (χ0n) is 8.87. The minimum atomic E-state index is -0.543. The van der Waals surface area contributed by atoms with Crippen LogP contribution in [0.25, 0.3) is 0 Å². The van der Waals surface area contributed by atoms with Crippen molar-refractivity contribution in [1.29, 1.82) is 0 Å². The number of nitrogen functional groups attached to an aromatic ring is 1. The maximum absolute atomic E-state index is 11.6. The molecule has 1 rings (SSSR count). The van der Waals surface area contributed by atoms with Crippen molar-refractivity contribution in [2.45, 2.75) is 26.4 Å². The molecule has 82 valence electrons. The van der Waals surface area contributed by atoms with Crippen molar-refractivity contribution in [3.05, 3.63) is 22.4 Å². The standard InChI is InChI=1S/C10H13BrN2O2/c1-10(2,3)15-9(14)8-7(12)4-6(11)5-13-8/h4-5H,12H2,1-3H3. The summed E-state index contributed by atoms with van der Waals surface area (Å²) in [5.74, 6) is -0.507. The number of halogens is 1. The minimum absolute atomic E-state index is 0.146. The third-order valence-electron chi connectivity index (χ3n) is 1.48. The number of hydrogen-bond acceptors (Lipinski definition) is 4. The molecule has 0 unspecified atom stereocenters. The van der Waals surface area contributed by atoms with E-state index in [4.69, 9.17) is 10.5 Å². The van der Waals surface area contributed by atoms with Crippen molar-refractivity contribution in [2.24, 2.45) is 0 Å². The van der Waals surface area contributed by atoms with Gasteiger partial charge in [0.05, 0.1) is 5.69 Å².